The van der Waals surface area contributed by atoms with Gasteiger partial charge in [-0.3, -0.25) is 0 Å². The fraction of sp³-hybridized carbons (Fsp3) is 0.857. The summed E-state index contributed by atoms with van der Waals surface area (Å²) in [6, 6.07) is 0.473. The molecule has 0 unspecified atom stereocenters. The van der Waals surface area contributed by atoms with Crippen LogP contribution in [0, 0.1) is 0 Å². The Morgan fingerprint density at radius 2 is 1.90 bits per heavy atom. The minimum Gasteiger partial charge on any atom is -0.328 e. The van der Waals surface area contributed by atoms with Crippen molar-refractivity contribution >= 4 is 6.29 Å². The van der Waals surface area contributed by atoms with Gasteiger partial charge in [0, 0.05) is 6.04 Å². The van der Waals surface area contributed by atoms with Crippen LogP contribution in [0.2, 0.25) is 0 Å². The van der Waals surface area contributed by atoms with Crippen LogP contribution in [-0.2, 0) is 4.79 Å². The molecule has 3 nitrogen and oxygen atoms in total. The number of hydrogen-bond acceptors (Lipinski definition) is 3. The van der Waals surface area contributed by atoms with E-state index in [1.54, 1.807) is 0 Å². The van der Waals surface area contributed by atoms with Crippen LogP contribution >= 0.6 is 0 Å². The first-order valence-corrected chi connectivity index (χ1v) is 3.67. The molecule has 1 fully saturated rings. The summed E-state index contributed by atoms with van der Waals surface area (Å²) in [6.45, 7) is 3.67. The number of nitrogens with one attached hydrogen (secondary N) is 1. The fourth-order valence-corrected chi connectivity index (χ4v) is 0.844. The van der Waals surface area contributed by atoms with Crippen molar-refractivity contribution in [1.82, 2.24) is 5.32 Å². The predicted molar refractivity (Wildman–Crippen MR) is 41.8 cm³/mol. The molecular weight excluding hydrogens is 128 g/mol. The molecule has 0 bridgehead atoms. The summed E-state index contributed by atoms with van der Waals surface area (Å²) in [6.07, 6.45) is 3.06. The summed E-state index contributed by atoms with van der Waals surface area (Å²) in [5, 5.41) is 3.24. The Bertz CT molecular complexity index is 79.7. The van der Waals surface area contributed by atoms with Gasteiger partial charge in [-0.15, -0.1) is 0 Å². The van der Waals surface area contributed by atoms with Crippen LogP contribution in [0.15, 0.2) is 0 Å². The van der Waals surface area contributed by atoms with Crippen LogP contribution in [0.25, 0.3) is 0 Å². The number of aldehydes is 1. The fourth-order valence-electron chi connectivity index (χ4n) is 0.844. The molecule has 1 saturated heterocycles. The van der Waals surface area contributed by atoms with Gasteiger partial charge in [-0.05, 0) is 32.9 Å². The molecule has 1 rings (SSSR count). The van der Waals surface area contributed by atoms with Gasteiger partial charge in [0.25, 0.3) is 0 Å². The Balaban J connectivity index is 0.000000236. The lowest BCUT2D eigenvalue weighted by molar-refractivity contribution is -0.106. The molecule has 60 valence electrons. The Labute approximate surface area is 62.0 Å². The maximum atomic E-state index is 8.81. The number of carbonyl (C=O) groups excluding carboxylic acids is 1. The van der Waals surface area contributed by atoms with E-state index in [0.717, 1.165) is 32.2 Å². The molecule has 3 N–H and O–H groups in total. The molecule has 0 saturated carbocycles. The molecule has 1 aliphatic rings. The summed E-state index contributed by atoms with van der Waals surface area (Å²) in [5.41, 5.74) is 5.59. The van der Waals surface area contributed by atoms with Crippen LogP contribution in [0.4, 0.5) is 0 Å². The molecule has 0 atom stereocenters. The molecule has 3 heteroatoms. The van der Waals surface area contributed by atoms with Crippen molar-refractivity contribution in [3.05, 3.63) is 0 Å². The van der Waals surface area contributed by atoms with Crippen molar-refractivity contribution in [2.75, 3.05) is 13.1 Å². The second kappa shape index (κ2) is 6.71. The second-order valence-corrected chi connectivity index (χ2v) is 2.32. The first-order chi connectivity index (χ1) is 4.81. The van der Waals surface area contributed by atoms with Crippen LogP contribution in [0.5, 0.6) is 0 Å². The minimum absolute atomic E-state index is 0.473. The predicted octanol–water partition coefficient (Wildman–Crippen LogP) is -0.0977. The lowest BCUT2D eigenvalue weighted by atomic mass is 10.1. The highest BCUT2D eigenvalue weighted by Crippen LogP contribution is 1.96. The minimum atomic E-state index is 0.473. The number of carbonyl (C=O) groups is 1. The Kier molecular flexibility index (Phi) is 6.43. The summed E-state index contributed by atoms with van der Waals surface area (Å²) in [4.78, 5) is 8.81. The normalized spacial score (nSPS) is 19.0. The van der Waals surface area contributed by atoms with E-state index in [1.807, 2.05) is 0 Å². The van der Waals surface area contributed by atoms with E-state index in [2.05, 4.69) is 5.32 Å². The molecule has 0 aliphatic carbocycles. The van der Waals surface area contributed by atoms with Crippen molar-refractivity contribution in [3.8, 4) is 0 Å². The van der Waals surface area contributed by atoms with Gasteiger partial charge in [0.05, 0.1) is 0 Å². The van der Waals surface area contributed by atoms with E-state index in [0.29, 0.717) is 6.04 Å². The van der Waals surface area contributed by atoms with Crippen molar-refractivity contribution < 1.29 is 4.79 Å². The van der Waals surface area contributed by atoms with Gasteiger partial charge in [0.15, 0.2) is 0 Å². The monoisotopic (exact) mass is 144 g/mol. The topological polar surface area (TPSA) is 55.1 Å². The maximum Gasteiger partial charge on any atom is 0.116 e. The molecule has 0 aromatic carbocycles. The number of hydrogen-bond donors (Lipinski definition) is 2. The van der Waals surface area contributed by atoms with Crippen LogP contribution in [-0.4, -0.2) is 25.4 Å². The average molecular weight is 144 g/mol. The molecule has 0 spiro atoms. The molecule has 0 aromatic heterocycles. The number of piperidine rings is 1. The lowest BCUT2D eigenvalue weighted by Crippen LogP contribution is -2.35. The lowest BCUT2D eigenvalue weighted by Gasteiger charge is -2.17. The molecule has 0 radical (unpaired) electrons. The van der Waals surface area contributed by atoms with E-state index >= 15 is 0 Å². The first kappa shape index (κ1) is 9.59. The third kappa shape index (κ3) is 5.72. The van der Waals surface area contributed by atoms with E-state index in [-0.39, 0.29) is 0 Å². The summed E-state index contributed by atoms with van der Waals surface area (Å²) in [7, 11) is 0. The zero-order chi connectivity index (χ0) is 7.82. The Morgan fingerprint density at radius 3 is 2.10 bits per heavy atom. The van der Waals surface area contributed by atoms with Crippen LogP contribution in [0.1, 0.15) is 19.8 Å². The van der Waals surface area contributed by atoms with Crippen LogP contribution in [0.3, 0.4) is 0 Å². The van der Waals surface area contributed by atoms with Crippen molar-refractivity contribution in [3.63, 3.8) is 0 Å². The van der Waals surface area contributed by atoms with Gasteiger partial charge in [-0.2, -0.15) is 0 Å². The van der Waals surface area contributed by atoms with E-state index < -0.39 is 0 Å². The van der Waals surface area contributed by atoms with Gasteiger partial charge >= 0.3 is 0 Å². The molecule has 0 amide bonds. The molecular formula is C7H16N2O. The third-order valence-corrected chi connectivity index (χ3v) is 1.38. The third-order valence-electron chi connectivity index (χ3n) is 1.38. The van der Waals surface area contributed by atoms with Gasteiger partial charge in [0.1, 0.15) is 6.29 Å². The maximum absolute atomic E-state index is 8.81. The largest absolute Gasteiger partial charge is 0.328 e. The summed E-state index contributed by atoms with van der Waals surface area (Å²) >= 11 is 0. The number of nitrogens with two attached hydrogens (primary N) is 1. The summed E-state index contributed by atoms with van der Waals surface area (Å²) < 4.78 is 0. The SMILES string of the molecule is CC=O.NC1CCNCC1. The zero-order valence-corrected chi connectivity index (χ0v) is 6.47. The van der Waals surface area contributed by atoms with E-state index in [4.69, 9.17) is 10.5 Å². The van der Waals surface area contributed by atoms with Gasteiger partial charge in [-0.1, -0.05) is 0 Å². The highest BCUT2D eigenvalue weighted by Gasteiger charge is 2.05. The Hall–Kier alpha value is -0.410. The quantitative estimate of drug-likeness (QED) is 0.467. The van der Waals surface area contributed by atoms with E-state index in [9.17, 15) is 0 Å². The van der Waals surface area contributed by atoms with Gasteiger partial charge < -0.3 is 15.8 Å². The standard InChI is InChI=1S/C5H12N2.C2H4O/c6-5-1-3-7-4-2-5;1-2-3/h5,7H,1-4,6H2;2H,1H3. The van der Waals surface area contributed by atoms with Gasteiger partial charge in [0.2, 0.25) is 0 Å². The molecule has 1 heterocycles. The van der Waals surface area contributed by atoms with Crippen molar-refractivity contribution in [1.29, 1.82) is 0 Å². The van der Waals surface area contributed by atoms with Gasteiger partial charge in [-0.25, -0.2) is 0 Å². The molecule has 0 aromatic rings. The second-order valence-electron chi connectivity index (χ2n) is 2.32. The van der Waals surface area contributed by atoms with E-state index in [1.165, 1.54) is 6.92 Å². The van der Waals surface area contributed by atoms with Crippen LogP contribution < -0.4 is 11.1 Å². The highest BCUT2D eigenvalue weighted by atomic mass is 16.1. The number of rotatable bonds is 0. The first-order valence-electron chi connectivity index (χ1n) is 3.67. The summed E-state index contributed by atoms with van der Waals surface area (Å²) in [5.74, 6) is 0. The molecule has 10 heavy (non-hydrogen) atoms. The highest BCUT2D eigenvalue weighted by molar-refractivity contribution is 5.44. The van der Waals surface area contributed by atoms with Crippen molar-refractivity contribution in [2.45, 2.75) is 25.8 Å². The average Bonchev–Trinajstić information content (AvgIpc) is 1.91. The smallest absolute Gasteiger partial charge is 0.116 e. The van der Waals surface area contributed by atoms with Crippen molar-refractivity contribution in [2.24, 2.45) is 5.73 Å². The molecule has 1 aliphatic heterocycles. The Morgan fingerprint density at radius 1 is 1.50 bits per heavy atom. The zero-order valence-electron chi connectivity index (χ0n) is 6.47.